The van der Waals surface area contributed by atoms with Gasteiger partial charge in [-0.1, -0.05) is 24.5 Å². The van der Waals surface area contributed by atoms with Crippen LogP contribution in [0.25, 0.3) is 0 Å². The van der Waals surface area contributed by atoms with Crippen LogP contribution in [0.3, 0.4) is 0 Å². The van der Waals surface area contributed by atoms with Crippen LogP contribution in [0.5, 0.6) is 0 Å². The summed E-state index contributed by atoms with van der Waals surface area (Å²) in [5, 5.41) is 7.13. The van der Waals surface area contributed by atoms with Crippen molar-refractivity contribution in [3.05, 3.63) is 40.4 Å². The quantitative estimate of drug-likeness (QED) is 0.543. The normalized spacial score (nSPS) is 13.9. The first-order valence-electron chi connectivity index (χ1n) is 9.33. The summed E-state index contributed by atoms with van der Waals surface area (Å²) in [5.74, 6) is -0.429. The van der Waals surface area contributed by atoms with E-state index in [4.69, 9.17) is 4.74 Å². The summed E-state index contributed by atoms with van der Waals surface area (Å²) in [6, 6.07) is 4.89. The Hall–Kier alpha value is -2.74. The molecule has 2 aromatic rings. The van der Waals surface area contributed by atoms with Crippen LogP contribution in [0.15, 0.2) is 23.6 Å². The second-order valence-electron chi connectivity index (χ2n) is 6.73. The zero-order chi connectivity index (χ0) is 20.1. The Morgan fingerprint density at radius 1 is 1.21 bits per heavy atom. The number of ether oxygens (including phenoxy) is 1. The molecule has 1 heterocycles. The topological polar surface area (TPSA) is 97.4 Å². The number of hydrogen-bond donors (Lipinski definition) is 2. The lowest BCUT2D eigenvalue weighted by Crippen LogP contribution is -2.22. The van der Waals surface area contributed by atoms with E-state index in [2.05, 4.69) is 15.6 Å². The van der Waals surface area contributed by atoms with Crippen molar-refractivity contribution in [1.82, 2.24) is 4.98 Å². The molecule has 0 radical (unpaired) electrons. The largest absolute Gasteiger partial charge is 0.461 e. The van der Waals surface area contributed by atoms with Gasteiger partial charge in [0, 0.05) is 16.9 Å². The number of nitrogens with zero attached hydrogens (tertiary/aromatic N) is 1. The van der Waals surface area contributed by atoms with Gasteiger partial charge in [-0.25, -0.2) is 14.6 Å². The van der Waals surface area contributed by atoms with Gasteiger partial charge in [-0.3, -0.25) is 10.1 Å². The molecule has 8 heteroatoms. The molecule has 0 unspecified atom stereocenters. The third kappa shape index (κ3) is 4.75. The predicted octanol–water partition coefficient (Wildman–Crippen LogP) is 4.65. The molecule has 1 aromatic heterocycles. The van der Waals surface area contributed by atoms with Crippen molar-refractivity contribution in [2.24, 2.45) is 5.92 Å². The summed E-state index contributed by atoms with van der Waals surface area (Å²) in [7, 11) is 0. The Morgan fingerprint density at radius 2 is 1.96 bits per heavy atom. The van der Waals surface area contributed by atoms with Gasteiger partial charge in [-0.15, -0.1) is 11.3 Å². The highest BCUT2D eigenvalue weighted by molar-refractivity contribution is 7.14. The highest BCUT2D eigenvalue weighted by Gasteiger charge is 2.26. The average molecular weight is 401 g/mol. The van der Waals surface area contributed by atoms with Crippen molar-refractivity contribution in [2.45, 2.75) is 39.5 Å². The first-order valence-corrected chi connectivity index (χ1v) is 10.2. The monoisotopic (exact) mass is 401 g/mol. The van der Waals surface area contributed by atoms with Crippen molar-refractivity contribution in [2.75, 3.05) is 17.2 Å². The molecular formula is C20H23N3O4S. The van der Waals surface area contributed by atoms with Gasteiger partial charge in [0.2, 0.25) is 0 Å². The van der Waals surface area contributed by atoms with E-state index in [1.54, 1.807) is 13.0 Å². The summed E-state index contributed by atoms with van der Waals surface area (Å²) in [4.78, 5) is 41.0. The van der Waals surface area contributed by atoms with Gasteiger partial charge in [0.15, 0.2) is 16.6 Å². The van der Waals surface area contributed by atoms with Crippen molar-refractivity contribution in [3.63, 3.8) is 0 Å². The van der Waals surface area contributed by atoms with Crippen molar-refractivity contribution >= 4 is 39.9 Å². The van der Waals surface area contributed by atoms with Crippen LogP contribution in [0.1, 0.15) is 59.0 Å². The molecule has 1 fully saturated rings. The fourth-order valence-corrected chi connectivity index (χ4v) is 3.93. The Labute approximate surface area is 167 Å². The number of carbonyl (C=O) groups is 3. The summed E-state index contributed by atoms with van der Waals surface area (Å²) < 4.78 is 4.88. The SMILES string of the molecule is CCOC(=O)c1csc(NC(=O)Nc2ccc(C)cc2C(=O)C2CCCC2)n1. The molecule has 7 nitrogen and oxygen atoms in total. The first-order chi connectivity index (χ1) is 13.5. The number of anilines is 2. The second kappa shape index (κ2) is 8.97. The maximum atomic E-state index is 12.9. The molecule has 1 aliphatic carbocycles. The number of benzene rings is 1. The standard InChI is InChI=1S/C20H23N3O4S/c1-3-27-18(25)16-11-28-20(22-16)23-19(26)21-15-9-8-12(2)10-14(15)17(24)13-6-4-5-7-13/h8-11,13H,3-7H2,1-2H3,(H2,21,22,23,26). The van der Waals surface area contributed by atoms with E-state index in [0.717, 1.165) is 42.6 Å². The first kappa shape index (κ1) is 20.0. The minimum Gasteiger partial charge on any atom is -0.461 e. The van der Waals surface area contributed by atoms with E-state index in [9.17, 15) is 14.4 Å². The molecule has 0 spiro atoms. The Balaban J connectivity index is 1.70. The molecule has 28 heavy (non-hydrogen) atoms. The summed E-state index contributed by atoms with van der Waals surface area (Å²) in [5.41, 5.74) is 2.12. The lowest BCUT2D eigenvalue weighted by atomic mass is 9.94. The molecule has 0 atom stereocenters. The number of carbonyl (C=O) groups excluding carboxylic acids is 3. The van der Waals surface area contributed by atoms with Crippen LogP contribution in [-0.4, -0.2) is 29.4 Å². The number of Topliss-reactive ketones (excluding diaryl/α,β-unsaturated/α-hetero) is 1. The number of esters is 1. The van der Waals surface area contributed by atoms with Crippen LogP contribution in [-0.2, 0) is 4.74 Å². The van der Waals surface area contributed by atoms with E-state index in [-0.39, 0.29) is 29.1 Å². The summed E-state index contributed by atoms with van der Waals surface area (Å²) >= 11 is 1.13. The van der Waals surface area contributed by atoms with E-state index < -0.39 is 12.0 Å². The number of nitrogens with one attached hydrogen (secondary N) is 2. The molecule has 1 aliphatic rings. The van der Waals surface area contributed by atoms with Crippen LogP contribution in [0.4, 0.5) is 15.6 Å². The maximum absolute atomic E-state index is 12.9. The number of amides is 2. The van der Waals surface area contributed by atoms with Gasteiger partial charge >= 0.3 is 12.0 Å². The average Bonchev–Trinajstić information content (AvgIpc) is 3.35. The molecule has 3 rings (SSSR count). The van der Waals surface area contributed by atoms with Gasteiger partial charge in [0.25, 0.3) is 0 Å². The van der Waals surface area contributed by atoms with Crippen LogP contribution in [0.2, 0.25) is 0 Å². The molecule has 1 saturated carbocycles. The lowest BCUT2D eigenvalue weighted by molar-refractivity contribution is 0.0520. The van der Waals surface area contributed by atoms with Gasteiger partial charge < -0.3 is 10.1 Å². The Morgan fingerprint density at radius 3 is 2.68 bits per heavy atom. The molecule has 2 amide bonds. The lowest BCUT2D eigenvalue weighted by Gasteiger charge is -2.14. The number of hydrogen-bond acceptors (Lipinski definition) is 6. The number of aromatic nitrogens is 1. The number of urea groups is 1. The van der Waals surface area contributed by atoms with E-state index in [0.29, 0.717) is 11.3 Å². The van der Waals surface area contributed by atoms with E-state index in [1.165, 1.54) is 5.38 Å². The molecule has 0 saturated heterocycles. The van der Waals surface area contributed by atoms with Gasteiger partial charge in [-0.05, 0) is 38.8 Å². The molecule has 0 aliphatic heterocycles. The zero-order valence-electron chi connectivity index (χ0n) is 15.9. The summed E-state index contributed by atoms with van der Waals surface area (Å²) in [6.45, 7) is 3.88. The third-order valence-electron chi connectivity index (χ3n) is 4.62. The number of ketones is 1. The Kier molecular flexibility index (Phi) is 6.41. The molecular weight excluding hydrogens is 378 g/mol. The second-order valence-corrected chi connectivity index (χ2v) is 7.59. The Bertz CT molecular complexity index is 887. The zero-order valence-corrected chi connectivity index (χ0v) is 16.7. The van der Waals surface area contributed by atoms with Gasteiger partial charge in [-0.2, -0.15) is 0 Å². The molecule has 148 valence electrons. The van der Waals surface area contributed by atoms with Crippen molar-refractivity contribution in [1.29, 1.82) is 0 Å². The number of aryl methyl sites for hydroxylation is 1. The molecule has 2 N–H and O–H groups in total. The van der Waals surface area contributed by atoms with Gasteiger partial charge in [0.05, 0.1) is 12.3 Å². The van der Waals surface area contributed by atoms with Crippen LogP contribution < -0.4 is 10.6 Å². The third-order valence-corrected chi connectivity index (χ3v) is 5.38. The van der Waals surface area contributed by atoms with Crippen LogP contribution in [0, 0.1) is 12.8 Å². The van der Waals surface area contributed by atoms with E-state index >= 15 is 0 Å². The van der Waals surface area contributed by atoms with Crippen molar-refractivity contribution < 1.29 is 19.1 Å². The highest BCUT2D eigenvalue weighted by atomic mass is 32.1. The van der Waals surface area contributed by atoms with E-state index in [1.807, 2.05) is 19.1 Å². The minimum absolute atomic E-state index is 0.0245. The number of thiazole rings is 1. The van der Waals surface area contributed by atoms with Crippen LogP contribution >= 0.6 is 11.3 Å². The smallest absolute Gasteiger partial charge is 0.357 e. The number of rotatable bonds is 6. The highest BCUT2D eigenvalue weighted by Crippen LogP contribution is 2.31. The minimum atomic E-state index is -0.532. The predicted molar refractivity (Wildman–Crippen MR) is 108 cm³/mol. The fraction of sp³-hybridized carbons (Fsp3) is 0.400. The maximum Gasteiger partial charge on any atom is 0.357 e. The molecule has 1 aromatic carbocycles. The molecule has 0 bridgehead atoms. The summed E-state index contributed by atoms with van der Waals surface area (Å²) in [6.07, 6.45) is 3.93. The van der Waals surface area contributed by atoms with Gasteiger partial charge in [0.1, 0.15) is 0 Å². The van der Waals surface area contributed by atoms with Crippen molar-refractivity contribution in [3.8, 4) is 0 Å². The fourth-order valence-electron chi connectivity index (χ4n) is 3.26.